The summed E-state index contributed by atoms with van der Waals surface area (Å²) in [4.78, 5) is 57.1. The Hall–Kier alpha value is -4.54. The largest absolute Gasteiger partial charge is 0.326 e. The van der Waals surface area contributed by atoms with Gasteiger partial charge in [0.2, 0.25) is 11.8 Å². The highest BCUT2D eigenvalue weighted by Crippen LogP contribution is 2.27. The van der Waals surface area contributed by atoms with Crippen LogP contribution >= 0.6 is 22.7 Å². The lowest BCUT2D eigenvalue weighted by molar-refractivity contribution is -0.120. The molecule has 2 atom stereocenters. The molecule has 4 heterocycles. The zero-order valence-electron chi connectivity index (χ0n) is 25.8. The summed E-state index contributed by atoms with van der Waals surface area (Å²) in [7, 11) is 0. The fraction of sp³-hybridized carbons (Fsp3) is 0.278. The highest BCUT2D eigenvalue weighted by atomic mass is 32.1. The molecule has 46 heavy (non-hydrogen) atoms. The first-order valence-electron chi connectivity index (χ1n) is 15.5. The standard InChI is InChI=1S/C36H36N4O4S2/c1-23-17-21-45-31(23)35(43)39-19-3-5-29(39)33(41)37-27-13-9-25(10-14-27)7-8-26-11-15-28(16-12-26)38-34(42)30-6-4-20-40(30)36(44)32-24(2)18-22-46-32/h7-18,21-22,29-30H,3-6,19-20H2,1-2H3,(H,37,41)(H,38,42)/b8-7+/t29-,30-/m0/s1. The Kier molecular flexibility index (Phi) is 9.46. The number of hydrogen-bond donors (Lipinski definition) is 2. The van der Waals surface area contributed by atoms with Crippen LogP contribution in [0.3, 0.4) is 0 Å². The molecule has 4 aromatic rings. The summed E-state index contributed by atoms with van der Waals surface area (Å²) in [6.07, 6.45) is 6.88. The molecule has 0 unspecified atom stereocenters. The lowest BCUT2D eigenvalue weighted by Gasteiger charge is -2.24. The zero-order chi connectivity index (χ0) is 32.2. The average molecular weight is 653 g/mol. The van der Waals surface area contributed by atoms with Crippen molar-refractivity contribution in [2.75, 3.05) is 23.7 Å². The van der Waals surface area contributed by atoms with Gasteiger partial charge in [-0.1, -0.05) is 36.4 Å². The van der Waals surface area contributed by atoms with Crippen LogP contribution in [-0.4, -0.2) is 58.6 Å². The van der Waals surface area contributed by atoms with Crippen molar-refractivity contribution in [1.82, 2.24) is 9.80 Å². The van der Waals surface area contributed by atoms with E-state index in [9.17, 15) is 19.2 Å². The summed E-state index contributed by atoms with van der Waals surface area (Å²) in [6, 6.07) is 18.1. The number of hydrogen-bond acceptors (Lipinski definition) is 6. The van der Waals surface area contributed by atoms with Crippen LogP contribution in [0.5, 0.6) is 0 Å². The number of aryl methyl sites for hydroxylation is 2. The first kappa shape index (κ1) is 31.4. The highest BCUT2D eigenvalue weighted by Gasteiger charge is 2.36. The second-order valence-electron chi connectivity index (χ2n) is 11.7. The number of nitrogens with one attached hydrogen (secondary N) is 2. The second-order valence-corrected chi connectivity index (χ2v) is 13.6. The molecule has 2 aromatic heterocycles. The molecule has 0 spiro atoms. The Labute approximate surface area is 276 Å². The van der Waals surface area contributed by atoms with Crippen molar-refractivity contribution in [2.24, 2.45) is 0 Å². The van der Waals surface area contributed by atoms with E-state index >= 15 is 0 Å². The number of nitrogens with zero attached hydrogens (tertiary/aromatic N) is 2. The summed E-state index contributed by atoms with van der Waals surface area (Å²) in [5.41, 5.74) is 5.18. The number of carbonyl (C=O) groups excluding carboxylic acids is 4. The van der Waals surface area contributed by atoms with Crippen molar-refractivity contribution >= 4 is 69.8 Å². The lowest BCUT2D eigenvalue weighted by atomic mass is 10.1. The zero-order valence-corrected chi connectivity index (χ0v) is 27.5. The minimum atomic E-state index is -0.476. The quantitative estimate of drug-likeness (QED) is 0.199. The van der Waals surface area contributed by atoms with E-state index in [-0.39, 0.29) is 23.6 Å². The topological polar surface area (TPSA) is 98.8 Å². The molecule has 0 aliphatic carbocycles. The van der Waals surface area contributed by atoms with E-state index in [2.05, 4.69) is 10.6 Å². The monoisotopic (exact) mass is 652 g/mol. The molecule has 0 bridgehead atoms. The van der Waals surface area contributed by atoms with Gasteiger partial charge < -0.3 is 20.4 Å². The van der Waals surface area contributed by atoms with Gasteiger partial charge in [0.15, 0.2) is 0 Å². The number of likely N-dealkylation sites (tertiary alicyclic amines) is 2. The number of benzene rings is 2. The van der Waals surface area contributed by atoms with Crippen molar-refractivity contribution in [3.05, 3.63) is 103 Å². The molecule has 2 aliphatic heterocycles. The minimum Gasteiger partial charge on any atom is -0.326 e. The second kappa shape index (κ2) is 13.8. The number of rotatable bonds is 8. The predicted octanol–water partition coefficient (Wildman–Crippen LogP) is 7.08. The Bertz CT molecular complexity index is 1640. The van der Waals surface area contributed by atoms with Crippen molar-refractivity contribution in [3.63, 3.8) is 0 Å². The van der Waals surface area contributed by atoms with Crippen LogP contribution < -0.4 is 10.6 Å². The first-order chi connectivity index (χ1) is 22.3. The van der Waals surface area contributed by atoms with Gasteiger partial charge >= 0.3 is 0 Å². The number of amides is 4. The molecule has 8 nitrogen and oxygen atoms in total. The summed E-state index contributed by atoms with van der Waals surface area (Å²) in [5, 5.41) is 9.77. The molecule has 0 saturated carbocycles. The SMILES string of the molecule is Cc1ccsc1C(=O)N1CCC[C@H]1C(=O)Nc1ccc(/C=C/c2ccc(NC(=O)[C@@H]3CCCN3C(=O)c3sccc3C)cc2)cc1. The van der Waals surface area contributed by atoms with Crippen LogP contribution in [0, 0.1) is 13.8 Å². The van der Waals surface area contributed by atoms with E-state index in [4.69, 9.17) is 0 Å². The molecule has 2 N–H and O–H groups in total. The van der Waals surface area contributed by atoms with Gasteiger partial charge in [0.25, 0.3) is 11.8 Å². The number of carbonyl (C=O) groups is 4. The molecular formula is C36H36N4O4S2. The first-order valence-corrected chi connectivity index (χ1v) is 17.2. The number of thiophene rings is 2. The third kappa shape index (κ3) is 6.83. The van der Waals surface area contributed by atoms with E-state index in [1.54, 1.807) is 9.80 Å². The van der Waals surface area contributed by atoms with Crippen LogP contribution in [0.15, 0.2) is 71.4 Å². The van der Waals surface area contributed by atoms with Crippen LogP contribution in [0.25, 0.3) is 12.2 Å². The predicted molar refractivity (Wildman–Crippen MR) is 185 cm³/mol. The van der Waals surface area contributed by atoms with E-state index in [1.807, 2.05) is 97.4 Å². The Morgan fingerprint density at radius 2 is 1.02 bits per heavy atom. The highest BCUT2D eigenvalue weighted by molar-refractivity contribution is 7.12. The Balaban J connectivity index is 1.01. The van der Waals surface area contributed by atoms with E-state index < -0.39 is 12.1 Å². The van der Waals surface area contributed by atoms with Crippen molar-refractivity contribution < 1.29 is 19.2 Å². The van der Waals surface area contributed by atoms with Crippen LogP contribution in [-0.2, 0) is 9.59 Å². The fourth-order valence-electron chi connectivity index (χ4n) is 6.01. The van der Waals surface area contributed by atoms with Crippen molar-refractivity contribution in [1.29, 1.82) is 0 Å². The molecule has 2 fully saturated rings. The molecule has 2 saturated heterocycles. The van der Waals surface area contributed by atoms with Gasteiger partial charge in [-0.15, -0.1) is 22.7 Å². The fourth-order valence-corrected chi connectivity index (χ4v) is 7.77. The summed E-state index contributed by atoms with van der Waals surface area (Å²) in [6.45, 7) is 5.01. The van der Waals surface area contributed by atoms with Gasteiger partial charge in [-0.3, -0.25) is 19.2 Å². The van der Waals surface area contributed by atoms with Crippen molar-refractivity contribution in [3.8, 4) is 0 Å². The summed E-state index contributed by atoms with van der Waals surface area (Å²) >= 11 is 2.83. The molecular weight excluding hydrogens is 617 g/mol. The lowest BCUT2D eigenvalue weighted by Crippen LogP contribution is -2.43. The van der Waals surface area contributed by atoms with Crippen LogP contribution in [0.1, 0.15) is 67.3 Å². The molecule has 2 aliphatic rings. The summed E-state index contributed by atoms with van der Waals surface area (Å²) < 4.78 is 0. The van der Waals surface area contributed by atoms with Crippen LogP contribution in [0.2, 0.25) is 0 Å². The average Bonchev–Trinajstić information content (AvgIpc) is 3.88. The third-order valence-corrected chi connectivity index (χ3v) is 10.6. The molecule has 0 radical (unpaired) electrons. The van der Waals surface area contributed by atoms with Gasteiger partial charge in [0, 0.05) is 24.5 Å². The smallest absolute Gasteiger partial charge is 0.264 e. The van der Waals surface area contributed by atoms with Crippen LogP contribution in [0.4, 0.5) is 11.4 Å². The molecule has 2 aromatic carbocycles. The molecule has 236 valence electrons. The third-order valence-electron chi connectivity index (χ3n) is 8.57. The Morgan fingerprint density at radius 3 is 1.37 bits per heavy atom. The van der Waals surface area contributed by atoms with E-state index in [0.717, 1.165) is 35.1 Å². The van der Waals surface area contributed by atoms with Gasteiger partial charge in [-0.25, -0.2) is 0 Å². The van der Waals surface area contributed by atoms with Gasteiger partial charge in [0.1, 0.15) is 12.1 Å². The minimum absolute atomic E-state index is 0.0714. The van der Waals surface area contributed by atoms with E-state index in [0.29, 0.717) is 47.1 Å². The molecule has 4 amide bonds. The Morgan fingerprint density at radius 1 is 0.630 bits per heavy atom. The van der Waals surface area contributed by atoms with E-state index in [1.165, 1.54) is 22.7 Å². The van der Waals surface area contributed by atoms with Gasteiger partial charge in [0.05, 0.1) is 9.75 Å². The maximum atomic E-state index is 13.1. The molecule has 10 heteroatoms. The molecule has 6 rings (SSSR count). The van der Waals surface area contributed by atoms with Gasteiger partial charge in [-0.2, -0.15) is 0 Å². The number of anilines is 2. The van der Waals surface area contributed by atoms with Gasteiger partial charge in [-0.05, 0) is 109 Å². The maximum Gasteiger partial charge on any atom is 0.264 e. The normalized spacial score (nSPS) is 17.9. The van der Waals surface area contributed by atoms with Crippen molar-refractivity contribution in [2.45, 2.75) is 51.6 Å². The summed E-state index contributed by atoms with van der Waals surface area (Å²) in [5.74, 6) is -0.475. The maximum absolute atomic E-state index is 13.1.